The van der Waals surface area contributed by atoms with E-state index in [0.29, 0.717) is 5.56 Å². The number of rotatable bonds is 4. The number of carboxylic acids is 1. The van der Waals surface area contributed by atoms with Crippen molar-refractivity contribution >= 4 is 29.4 Å². The second kappa shape index (κ2) is 5.12. The number of fused-ring (bicyclic) bond motifs is 1. The fourth-order valence-corrected chi connectivity index (χ4v) is 4.90. The lowest BCUT2D eigenvalue weighted by molar-refractivity contribution is -0.163. The van der Waals surface area contributed by atoms with Crippen molar-refractivity contribution in [1.82, 2.24) is 4.90 Å². The molecule has 3 rings (SSSR count). The average Bonchev–Trinajstić information content (AvgIpc) is 2.74. The molecule has 1 aromatic rings. The van der Waals surface area contributed by atoms with E-state index in [0.717, 1.165) is 0 Å². The molecule has 0 aromatic heterocycles. The summed E-state index contributed by atoms with van der Waals surface area (Å²) < 4.78 is -0.545. The van der Waals surface area contributed by atoms with Gasteiger partial charge in [0, 0.05) is 16.7 Å². The van der Waals surface area contributed by atoms with Crippen molar-refractivity contribution in [3.63, 3.8) is 0 Å². The first-order chi connectivity index (χ1) is 10.3. The monoisotopic (exact) mass is 319 g/mol. The molecule has 0 unspecified atom stereocenters. The second-order valence-corrected chi connectivity index (χ2v) is 7.97. The van der Waals surface area contributed by atoms with Crippen LogP contribution in [0.2, 0.25) is 0 Å². The van der Waals surface area contributed by atoms with Gasteiger partial charge in [-0.3, -0.25) is 9.59 Å². The van der Waals surface area contributed by atoms with Gasteiger partial charge in [0.05, 0.1) is 11.3 Å². The summed E-state index contributed by atoms with van der Waals surface area (Å²) in [6.07, 6.45) is 0.138. The molecule has 2 aliphatic rings. The number of carbonyl (C=O) groups excluding carboxylic acids is 2. The third-order valence-corrected chi connectivity index (χ3v) is 5.91. The third kappa shape index (κ3) is 2.22. The number of β-lactam (4-membered cyclic amide) rings is 1. The first-order valence-electron chi connectivity index (χ1n) is 7.14. The van der Waals surface area contributed by atoms with Gasteiger partial charge in [-0.15, -0.1) is 11.8 Å². The summed E-state index contributed by atoms with van der Waals surface area (Å²) in [4.78, 5) is 37.4. The van der Waals surface area contributed by atoms with Crippen LogP contribution in [0.4, 0.5) is 0 Å². The Balaban J connectivity index is 1.76. The van der Waals surface area contributed by atoms with Crippen LogP contribution in [0.5, 0.6) is 0 Å². The van der Waals surface area contributed by atoms with Crippen LogP contribution in [0.3, 0.4) is 0 Å². The van der Waals surface area contributed by atoms with E-state index in [2.05, 4.69) is 0 Å². The lowest BCUT2D eigenvalue weighted by atomic mass is 9.87. The maximum atomic E-state index is 12.3. The van der Waals surface area contributed by atoms with Crippen molar-refractivity contribution < 1.29 is 19.5 Å². The standard InChI is InChI=1S/C16H17NO4S/c1-16(2)12(15(20)21)17-13(19)10(14(17)22-16)8-11(18)9-6-4-3-5-7-9/h3-7,10,12,14H,8H2,1-2H3,(H,20,21)/t10-,12+,14-/m1/s1. The number of hydrogen-bond acceptors (Lipinski definition) is 4. The number of Topliss-reactive ketones (excluding diaryl/α,β-unsaturated/α-hetero) is 1. The summed E-state index contributed by atoms with van der Waals surface area (Å²) in [7, 11) is 0. The molecule has 3 atom stereocenters. The molecule has 22 heavy (non-hydrogen) atoms. The molecule has 1 amide bonds. The van der Waals surface area contributed by atoms with Gasteiger partial charge in [-0.1, -0.05) is 30.3 Å². The van der Waals surface area contributed by atoms with Gasteiger partial charge in [-0.2, -0.15) is 0 Å². The molecule has 0 aliphatic carbocycles. The van der Waals surface area contributed by atoms with E-state index in [-0.39, 0.29) is 23.5 Å². The lowest BCUT2D eigenvalue weighted by Gasteiger charge is -2.43. The van der Waals surface area contributed by atoms with Crippen molar-refractivity contribution in [3.8, 4) is 0 Å². The van der Waals surface area contributed by atoms with Crippen molar-refractivity contribution in [3.05, 3.63) is 35.9 Å². The van der Waals surface area contributed by atoms with E-state index in [1.807, 2.05) is 19.9 Å². The van der Waals surface area contributed by atoms with E-state index < -0.39 is 22.7 Å². The molecule has 0 radical (unpaired) electrons. The maximum absolute atomic E-state index is 12.3. The van der Waals surface area contributed by atoms with Crippen molar-refractivity contribution in [1.29, 1.82) is 0 Å². The molecule has 6 heteroatoms. The van der Waals surface area contributed by atoms with Crippen LogP contribution < -0.4 is 0 Å². The number of aliphatic carboxylic acids is 1. The molecule has 2 aliphatic heterocycles. The summed E-state index contributed by atoms with van der Waals surface area (Å²) in [6, 6.07) is 8.05. The molecule has 0 bridgehead atoms. The number of thioether (sulfide) groups is 1. The van der Waals surface area contributed by atoms with Crippen LogP contribution in [-0.2, 0) is 9.59 Å². The highest BCUT2D eigenvalue weighted by atomic mass is 32.2. The Morgan fingerprint density at radius 2 is 1.91 bits per heavy atom. The van der Waals surface area contributed by atoms with Gasteiger partial charge in [0.1, 0.15) is 6.04 Å². The van der Waals surface area contributed by atoms with E-state index in [1.54, 1.807) is 24.3 Å². The number of nitrogens with zero attached hydrogens (tertiary/aromatic N) is 1. The van der Waals surface area contributed by atoms with Gasteiger partial charge in [0.2, 0.25) is 5.91 Å². The average molecular weight is 319 g/mol. The van der Waals surface area contributed by atoms with Crippen molar-refractivity contribution in [2.24, 2.45) is 5.92 Å². The first kappa shape index (κ1) is 15.1. The second-order valence-electron chi connectivity index (χ2n) is 6.20. The fourth-order valence-electron chi connectivity index (χ4n) is 3.22. The summed E-state index contributed by atoms with van der Waals surface area (Å²) in [5, 5.41) is 9.15. The molecule has 1 N–H and O–H groups in total. The summed E-state index contributed by atoms with van der Waals surface area (Å²) in [6.45, 7) is 3.66. The Morgan fingerprint density at radius 3 is 2.50 bits per heavy atom. The number of benzene rings is 1. The Morgan fingerprint density at radius 1 is 1.27 bits per heavy atom. The molecule has 0 spiro atoms. The number of carbonyl (C=O) groups is 3. The van der Waals surface area contributed by atoms with Gasteiger partial charge >= 0.3 is 5.97 Å². The van der Waals surface area contributed by atoms with Crippen LogP contribution in [0.1, 0.15) is 30.6 Å². The van der Waals surface area contributed by atoms with Crippen LogP contribution in [0.25, 0.3) is 0 Å². The Hall–Kier alpha value is -1.82. The SMILES string of the molecule is CC1(C)S[C@@H]2[C@H](CC(=O)c3ccccc3)C(=O)N2[C@H]1C(=O)O. The van der Waals surface area contributed by atoms with E-state index in [4.69, 9.17) is 0 Å². The molecule has 2 fully saturated rings. The molecular formula is C16H17NO4S. The predicted molar refractivity (Wildman–Crippen MR) is 82.6 cm³/mol. The number of hydrogen-bond donors (Lipinski definition) is 1. The number of carboxylic acid groups (broad SMARTS) is 1. The minimum absolute atomic E-state index is 0.0734. The van der Waals surface area contributed by atoms with Gasteiger partial charge in [0.25, 0.3) is 0 Å². The quantitative estimate of drug-likeness (QED) is 0.679. The zero-order valence-electron chi connectivity index (χ0n) is 12.4. The summed E-state index contributed by atoms with van der Waals surface area (Å²) in [5.41, 5.74) is 0.589. The fraction of sp³-hybridized carbons (Fsp3) is 0.438. The number of amides is 1. The Kier molecular flexibility index (Phi) is 3.51. The summed E-state index contributed by atoms with van der Waals surface area (Å²) in [5.74, 6) is -1.70. The molecule has 1 aromatic carbocycles. The van der Waals surface area contributed by atoms with Crippen LogP contribution >= 0.6 is 11.8 Å². The van der Waals surface area contributed by atoms with Gasteiger partial charge < -0.3 is 10.0 Å². The van der Waals surface area contributed by atoms with Gasteiger partial charge in [-0.05, 0) is 13.8 Å². The third-order valence-electron chi connectivity index (χ3n) is 4.29. The van der Waals surface area contributed by atoms with E-state index >= 15 is 0 Å². The van der Waals surface area contributed by atoms with E-state index in [9.17, 15) is 19.5 Å². The maximum Gasteiger partial charge on any atom is 0.327 e. The highest BCUT2D eigenvalue weighted by molar-refractivity contribution is 8.01. The lowest BCUT2D eigenvalue weighted by Crippen LogP contribution is -2.62. The molecule has 5 nitrogen and oxygen atoms in total. The number of ketones is 1. The van der Waals surface area contributed by atoms with E-state index in [1.165, 1.54) is 16.7 Å². The molecule has 116 valence electrons. The van der Waals surface area contributed by atoms with Crippen LogP contribution in [-0.4, -0.2) is 43.8 Å². The van der Waals surface area contributed by atoms with Gasteiger partial charge in [0.15, 0.2) is 5.78 Å². The van der Waals surface area contributed by atoms with Gasteiger partial charge in [-0.25, -0.2) is 4.79 Å². The van der Waals surface area contributed by atoms with Crippen molar-refractivity contribution in [2.75, 3.05) is 0 Å². The Bertz CT molecular complexity index is 643. The molecule has 0 saturated carbocycles. The predicted octanol–water partition coefficient (Wildman–Crippen LogP) is 2.02. The van der Waals surface area contributed by atoms with Crippen molar-refractivity contribution in [2.45, 2.75) is 36.4 Å². The zero-order chi connectivity index (χ0) is 16.1. The minimum Gasteiger partial charge on any atom is -0.480 e. The highest BCUT2D eigenvalue weighted by Gasteiger charge is 2.63. The summed E-state index contributed by atoms with van der Waals surface area (Å²) >= 11 is 1.48. The minimum atomic E-state index is -0.985. The Labute approximate surface area is 132 Å². The van der Waals surface area contributed by atoms with Crippen LogP contribution in [0, 0.1) is 5.92 Å². The molecule has 2 heterocycles. The topological polar surface area (TPSA) is 74.7 Å². The molecule has 2 saturated heterocycles. The zero-order valence-corrected chi connectivity index (χ0v) is 13.2. The normalized spacial score (nSPS) is 28.9. The largest absolute Gasteiger partial charge is 0.480 e. The highest BCUT2D eigenvalue weighted by Crippen LogP contribution is 2.54. The first-order valence-corrected chi connectivity index (χ1v) is 8.02. The van der Waals surface area contributed by atoms with Crippen LogP contribution in [0.15, 0.2) is 30.3 Å². The smallest absolute Gasteiger partial charge is 0.327 e. The molecular weight excluding hydrogens is 302 g/mol.